The van der Waals surface area contributed by atoms with Gasteiger partial charge in [0.05, 0.1) is 0 Å². The Hall–Kier alpha value is 0.270. The molecule has 0 amide bonds. The number of nitrogens with one attached hydrogen (secondary N) is 2. The normalized spacial score (nSPS) is 34.5. The third-order valence-electron chi connectivity index (χ3n) is 0.722. The van der Waals surface area contributed by atoms with Gasteiger partial charge >= 0.3 is 0 Å². The van der Waals surface area contributed by atoms with E-state index in [0.29, 0.717) is 6.04 Å². The molecule has 1 aliphatic heterocycles. The minimum Gasteiger partial charge on any atom is -0.249 e. The largest absolute Gasteiger partial charge is 0.249 e. The van der Waals surface area contributed by atoms with E-state index in [0.717, 1.165) is 6.54 Å². The lowest BCUT2D eigenvalue weighted by Gasteiger charge is -1.91. The molecule has 1 heterocycles. The van der Waals surface area contributed by atoms with E-state index >= 15 is 0 Å². The van der Waals surface area contributed by atoms with Crippen LogP contribution in [0, 0.1) is 0 Å². The maximum Gasteiger partial charge on any atom is 0.0290 e. The van der Waals surface area contributed by atoms with Crippen LogP contribution in [0.2, 0.25) is 0 Å². The van der Waals surface area contributed by atoms with E-state index in [9.17, 15) is 0 Å². The van der Waals surface area contributed by atoms with E-state index in [1.54, 1.807) is 12.1 Å². The lowest BCUT2D eigenvalue weighted by atomic mass is 10.4. The summed E-state index contributed by atoms with van der Waals surface area (Å²) in [5.41, 5.74) is 0. The van der Waals surface area contributed by atoms with Crippen LogP contribution < -0.4 is 9.44 Å². The fourth-order valence-corrected chi connectivity index (χ4v) is 1.05. The summed E-state index contributed by atoms with van der Waals surface area (Å²) in [4.78, 5) is 0. The Balaban J connectivity index is 2.18. The molecule has 0 aromatic heterocycles. The molecule has 6 heavy (non-hydrogen) atoms. The van der Waals surface area contributed by atoms with Gasteiger partial charge in [0.15, 0.2) is 0 Å². The molecule has 0 saturated carbocycles. The molecule has 1 atom stereocenters. The van der Waals surface area contributed by atoms with Gasteiger partial charge in [-0.2, -0.15) is 0 Å². The van der Waals surface area contributed by atoms with Crippen molar-refractivity contribution in [1.29, 1.82) is 0 Å². The van der Waals surface area contributed by atoms with Gasteiger partial charge in [-0.1, -0.05) is 0 Å². The third kappa shape index (κ3) is 0.864. The van der Waals surface area contributed by atoms with Crippen LogP contribution in [0.4, 0.5) is 0 Å². The van der Waals surface area contributed by atoms with Gasteiger partial charge in [0.2, 0.25) is 0 Å². The summed E-state index contributed by atoms with van der Waals surface area (Å²) in [5.74, 6) is 0. The molecule has 36 valence electrons. The average Bonchev–Trinajstić information content (AvgIpc) is 1.86. The molecule has 2 N–H and O–H groups in total. The fraction of sp³-hybridized carbons (Fsp3) is 1.00. The molecule has 1 rings (SSSR count). The lowest BCUT2D eigenvalue weighted by molar-refractivity contribution is 0.726. The van der Waals surface area contributed by atoms with Crippen molar-refractivity contribution in [3.63, 3.8) is 0 Å². The Morgan fingerprint density at radius 3 is 2.83 bits per heavy atom. The van der Waals surface area contributed by atoms with Gasteiger partial charge in [-0.15, -0.1) is 0 Å². The number of hydrogen-bond acceptors (Lipinski definition) is 3. The van der Waals surface area contributed by atoms with Crippen LogP contribution in [0.5, 0.6) is 0 Å². The summed E-state index contributed by atoms with van der Waals surface area (Å²) >= 11 is 1.58. The van der Waals surface area contributed by atoms with Crippen molar-refractivity contribution in [2.45, 2.75) is 13.0 Å². The molecule has 3 heteroatoms. The second-order valence-corrected chi connectivity index (χ2v) is 2.20. The first kappa shape index (κ1) is 4.43. The summed E-state index contributed by atoms with van der Waals surface area (Å²) in [5, 5.41) is 0. The van der Waals surface area contributed by atoms with Gasteiger partial charge in [0.1, 0.15) is 0 Å². The third-order valence-corrected chi connectivity index (χ3v) is 1.55. The van der Waals surface area contributed by atoms with Gasteiger partial charge in [-0.05, 0) is 6.92 Å². The predicted octanol–water partition coefficient (Wildman–Crippen LogP) is 0.131. The highest BCUT2D eigenvalue weighted by atomic mass is 32.2. The first-order valence-corrected chi connectivity index (χ1v) is 2.85. The van der Waals surface area contributed by atoms with Crippen LogP contribution in [0.25, 0.3) is 0 Å². The van der Waals surface area contributed by atoms with E-state index in [1.807, 2.05) is 0 Å². The fourth-order valence-electron chi connectivity index (χ4n) is 0.351. The summed E-state index contributed by atoms with van der Waals surface area (Å²) in [7, 11) is 0. The van der Waals surface area contributed by atoms with E-state index < -0.39 is 0 Å². The highest BCUT2D eigenvalue weighted by molar-refractivity contribution is 7.95. The molecule has 0 radical (unpaired) electrons. The van der Waals surface area contributed by atoms with Crippen molar-refractivity contribution in [2.75, 3.05) is 6.54 Å². The summed E-state index contributed by atoms with van der Waals surface area (Å²) in [6.45, 7) is 3.23. The Bertz CT molecular complexity index is 42.1. The monoisotopic (exact) mass is 104 g/mol. The SMILES string of the molecule is CC1CNSN1. The van der Waals surface area contributed by atoms with Gasteiger partial charge in [-0.3, -0.25) is 0 Å². The molecule has 1 unspecified atom stereocenters. The van der Waals surface area contributed by atoms with Crippen LogP contribution in [0.3, 0.4) is 0 Å². The maximum atomic E-state index is 3.12. The van der Waals surface area contributed by atoms with Gasteiger partial charge < -0.3 is 0 Å². The van der Waals surface area contributed by atoms with Crippen molar-refractivity contribution in [3.8, 4) is 0 Å². The summed E-state index contributed by atoms with van der Waals surface area (Å²) < 4.78 is 6.20. The van der Waals surface area contributed by atoms with Crippen LogP contribution in [0.1, 0.15) is 6.92 Å². The predicted molar refractivity (Wildman–Crippen MR) is 28.2 cm³/mol. The molecule has 1 aliphatic rings. The topological polar surface area (TPSA) is 24.1 Å². The number of rotatable bonds is 0. The van der Waals surface area contributed by atoms with Crippen LogP contribution in [0.15, 0.2) is 0 Å². The summed E-state index contributed by atoms with van der Waals surface area (Å²) in [6.07, 6.45) is 0. The van der Waals surface area contributed by atoms with Crippen molar-refractivity contribution in [2.24, 2.45) is 0 Å². The average molecular weight is 104 g/mol. The first-order chi connectivity index (χ1) is 2.89. The minimum absolute atomic E-state index is 0.648. The Kier molecular flexibility index (Phi) is 1.34. The van der Waals surface area contributed by atoms with Crippen molar-refractivity contribution >= 4 is 12.1 Å². The lowest BCUT2D eigenvalue weighted by Crippen LogP contribution is -2.15. The molecule has 0 spiro atoms. The van der Waals surface area contributed by atoms with Crippen molar-refractivity contribution in [3.05, 3.63) is 0 Å². The molecule has 0 bridgehead atoms. The highest BCUT2D eigenvalue weighted by Gasteiger charge is 2.05. The van der Waals surface area contributed by atoms with E-state index in [4.69, 9.17) is 0 Å². The Labute approximate surface area is 42.0 Å². The van der Waals surface area contributed by atoms with Gasteiger partial charge in [0, 0.05) is 24.7 Å². The molecule has 2 nitrogen and oxygen atoms in total. The Morgan fingerprint density at radius 2 is 2.67 bits per heavy atom. The van der Waals surface area contributed by atoms with Crippen LogP contribution in [-0.4, -0.2) is 12.6 Å². The highest BCUT2D eigenvalue weighted by Crippen LogP contribution is 1.97. The quantitative estimate of drug-likeness (QED) is 0.427. The van der Waals surface area contributed by atoms with Crippen molar-refractivity contribution < 1.29 is 0 Å². The molecular weight excluding hydrogens is 96.1 g/mol. The maximum absolute atomic E-state index is 3.12. The molecular formula is C3H8N2S. The van der Waals surface area contributed by atoms with E-state index in [1.165, 1.54) is 0 Å². The van der Waals surface area contributed by atoms with Crippen LogP contribution in [-0.2, 0) is 0 Å². The van der Waals surface area contributed by atoms with Gasteiger partial charge in [0.25, 0.3) is 0 Å². The smallest absolute Gasteiger partial charge is 0.0290 e. The molecule has 0 aliphatic carbocycles. The van der Waals surface area contributed by atoms with E-state index in [-0.39, 0.29) is 0 Å². The second-order valence-electron chi connectivity index (χ2n) is 1.47. The molecule has 1 saturated heterocycles. The second kappa shape index (κ2) is 1.82. The minimum atomic E-state index is 0.648. The molecule has 0 aromatic rings. The van der Waals surface area contributed by atoms with Gasteiger partial charge in [-0.25, -0.2) is 9.44 Å². The Morgan fingerprint density at radius 1 is 1.83 bits per heavy atom. The first-order valence-electron chi connectivity index (χ1n) is 2.04. The van der Waals surface area contributed by atoms with Crippen molar-refractivity contribution in [1.82, 2.24) is 9.44 Å². The zero-order valence-corrected chi connectivity index (χ0v) is 4.51. The zero-order valence-electron chi connectivity index (χ0n) is 3.69. The summed E-state index contributed by atoms with van der Waals surface area (Å²) in [6, 6.07) is 0.648. The molecule has 0 aromatic carbocycles. The zero-order chi connectivity index (χ0) is 4.41. The standard InChI is InChI=1S/C3H8N2S/c1-3-2-4-6-5-3/h3-5H,2H2,1H3. The van der Waals surface area contributed by atoms with E-state index in [2.05, 4.69) is 16.4 Å². The number of hydrogen-bond donors (Lipinski definition) is 2. The molecule has 1 fully saturated rings. The van der Waals surface area contributed by atoms with Crippen LogP contribution >= 0.6 is 12.1 Å².